The molecular weight excluding hydrogens is 414 g/mol. The molecule has 2 N–H and O–H groups in total. The maximum absolute atomic E-state index is 13.7. The molecular formula is C26H35N5O2. The van der Waals surface area contributed by atoms with Crippen LogP contribution < -0.4 is 10.6 Å². The third-order valence-corrected chi connectivity index (χ3v) is 8.43. The van der Waals surface area contributed by atoms with E-state index in [1.54, 1.807) is 4.90 Å². The van der Waals surface area contributed by atoms with Gasteiger partial charge in [-0.25, -0.2) is 9.48 Å². The number of aromatic nitrogens is 2. The summed E-state index contributed by atoms with van der Waals surface area (Å²) in [4.78, 5) is 28.0. The Morgan fingerprint density at radius 3 is 2.61 bits per heavy atom. The fourth-order valence-corrected chi connectivity index (χ4v) is 6.68. The summed E-state index contributed by atoms with van der Waals surface area (Å²) in [7, 11) is 0. The van der Waals surface area contributed by atoms with Crippen molar-refractivity contribution in [2.45, 2.75) is 66.0 Å². The van der Waals surface area contributed by atoms with E-state index in [2.05, 4.69) is 31.4 Å². The molecule has 1 aliphatic heterocycles. The van der Waals surface area contributed by atoms with E-state index in [1.165, 1.54) is 12.8 Å². The third-order valence-electron chi connectivity index (χ3n) is 8.43. The minimum absolute atomic E-state index is 0.0672. The van der Waals surface area contributed by atoms with Crippen LogP contribution in [0.5, 0.6) is 0 Å². The summed E-state index contributed by atoms with van der Waals surface area (Å²) in [6.45, 7) is 10.4. The third kappa shape index (κ3) is 3.52. The van der Waals surface area contributed by atoms with Crippen molar-refractivity contribution >= 4 is 11.9 Å². The molecule has 0 spiro atoms. The maximum atomic E-state index is 13.7. The molecule has 3 aliphatic rings. The van der Waals surface area contributed by atoms with E-state index in [9.17, 15) is 9.59 Å². The Labute approximate surface area is 195 Å². The fourth-order valence-electron chi connectivity index (χ4n) is 6.68. The zero-order valence-corrected chi connectivity index (χ0v) is 20.1. The van der Waals surface area contributed by atoms with E-state index in [4.69, 9.17) is 5.10 Å². The van der Waals surface area contributed by atoms with E-state index in [-0.39, 0.29) is 28.8 Å². The number of hydrogen-bond donors (Lipinski definition) is 2. The Bertz CT molecular complexity index is 1070. The van der Waals surface area contributed by atoms with Crippen molar-refractivity contribution in [1.29, 1.82) is 0 Å². The van der Waals surface area contributed by atoms with Crippen molar-refractivity contribution in [3.63, 3.8) is 0 Å². The van der Waals surface area contributed by atoms with Gasteiger partial charge in [-0.05, 0) is 55.1 Å². The van der Waals surface area contributed by atoms with Crippen molar-refractivity contribution in [3.8, 4) is 5.69 Å². The quantitative estimate of drug-likeness (QED) is 0.743. The van der Waals surface area contributed by atoms with E-state index in [0.717, 1.165) is 23.4 Å². The van der Waals surface area contributed by atoms with Crippen LogP contribution >= 0.6 is 0 Å². The lowest BCUT2D eigenvalue weighted by molar-refractivity contribution is 0.0731. The highest BCUT2D eigenvalue weighted by atomic mass is 16.2. The van der Waals surface area contributed by atoms with Crippen LogP contribution in [0.3, 0.4) is 0 Å². The molecule has 2 bridgehead atoms. The SMILES string of the molecule is CCNC(=O)N1CCc2c(c(C(=O)NC3C4(C)CCC(C4)C3(C)C)nn2-c2ccccc2)C1. The van der Waals surface area contributed by atoms with Crippen LogP contribution in [0, 0.1) is 16.7 Å². The highest BCUT2D eigenvalue weighted by Crippen LogP contribution is 2.62. The standard InChI is InChI=1S/C26H35N5O2/c1-5-27-24(33)30-14-12-20-19(16-30)21(29-31(20)18-9-7-6-8-10-18)22(32)28-23-25(2,3)17-11-13-26(23,4)15-17/h6-10,17,23H,5,11-16H2,1-4H3,(H,27,33)(H,28,32). The molecule has 7 heteroatoms. The van der Waals surface area contributed by atoms with Gasteiger partial charge in [0.05, 0.1) is 17.9 Å². The van der Waals surface area contributed by atoms with Gasteiger partial charge in [-0.3, -0.25) is 4.79 Å². The Morgan fingerprint density at radius 1 is 1.18 bits per heavy atom. The highest BCUT2D eigenvalue weighted by molar-refractivity contribution is 5.94. The smallest absolute Gasteiger partial charge is 0.317 e. The molecule has 3 unspecified atom stereocenters. The van der Waals surface area contributed by atoms with Crippen LogP contribution in [-0.2, 0) is 13.0 Å². The minimum atomic E-state index is -0.120. The number of hydrogen-bond acceptors (Lipinski definition) is 3. The second kappa shape index (κ2) is 7.89. The van der Waals surface area contributed by atoms with Gasteiger partial charge in [-0.2, -0.15) is 5.10 Å². The molecule has 3 amide bonds. The number of carbonyl (C=O) groups is 2. The van der Waals surface area contributed by atoms with Gasteiger partial charge in [0, 0.05) is 31.1 Å². The first kappa shape index (κ1) is 22.0. The van der Waals surface area contributed by atoms with Gasteiger partial charge >= 0.3 is 6.03 Å². The lowest BCUT2D eigenvalue weighted by atomic mass is 9.68. The number of amides is 3. The zero-order valence-electron chi connectivity index (χ0n) is 20.1. The molecule has 2 heterocycles. The molecule has 1 aromatic carbocycles. The lowest BCUT2D eigenvalue weighted by Crippen LogP contribution is -2.52. The first-order chi connectivity index (χ1) is 15.7. The van der Waals surface area contributed by atoms with Crippen molar-refractivity contribution in [1.82, 2.24) is 25.3 Å². The van der Waals surface area contributed by atoms with E-state index in [0.29, 0.717) is 37.7 Å². The van der Waals surface area contributed by atoms with Gasteiger partial charge in [-0.15, -0.1) is 0 Å². The predicted octanol–water partition coefficient (Wildman–Crippen LogP) is 3.90. The molecule has 2 saturated carbocycles. The van der Waals surface area contributed by atoms with E-state index in [1.807, 2.05) is 41.9 Å². The Hall–Kier alpha value is -2.83. The topological polar surface area (TPSA) is 79.3 Å². The largest absolute Gasteiger partial charge is 0.347 e. The summed E-state index contributed by atoms with van der Waals surface area (Å²) in [6.07, 6.45) is 4.24. The fraction of sp³-hybridized carbons (Fsp3) is 0.577. The number of fused-ring (bicyclic) bond motifs is 3. The summed E-state index contributed by atoms with van der Waals surface area (Å²) < 4.78 is 1.90. The van der Waals surface area contributed by atoms with Crippen LogP contribution in [0.25, 0.3) is 5.69 Å². The van der Waals surface area contributed by atoms with Crippen LogP contribution in [0.15, 0.2) is 30.3 Å². The van der Waals surface area contributed by atoms with Crippen molar-refractivity contribution in [2.24, 2.45) is 16.7 Å². The predicted molar refractivity (Wildman–Crippen MR) is 127 cm³/mol. The molecule has 2 fully saturated rings. The van der Waals surface area contributed by atoms with E-state index < -0.39 is 0 Å². The molecule has 5 rings (SSSR count). The number of nitrogens with zero attached hydrogens (tertiary/aromatic N) is 3. The molecule has 2 aliphatic carbocycles. The van der Waals surface area contributed by atoms with Gasteiger partial charge in [0.1, 0.15) is 0 Å². The first-order valence-corrected chi connectivity index (χ1v) is 12.2. The van der Waals surface area contributed by atoms with Crippen LogP contribution in [0.2, 0.25) is 0 Å². The second-order valence-corrected chi connectivity index (χ2v) is 10.8. The monoisotopic (exact) mass is 449 g/mol. The number of para-hydroxylation sites is 1. The molecule has 3 atom stereocenters. The molecule has 0 saturated heterocycles. The number of nitrogens with one attached hydrogen (secondary N) is 2. The molecule has 7 nitrogen and oxygen atoms in total. The summed E-state index contributed by atoms with van der Waals surface area (Å²) in [5.74, 6) is 0.530. The molecule has 33 heavy (non-hydrogen) atoms. The van der Waals surface area contributed by atoms with Crippen molar-refractivity contribution < 1.29 is 9.59 Å². The summed E-state index contributed by atoms with van der Waals surface area (Å²) in [6, 6.07) is 9.97. The molecule has 1 aromatic heterocycles. The average Bonchev–Trinajstić information content (AvgIpc) is 3.44. The van der Waals surface area contributed by atoms with Gasteiger partial charge in [0.25, 0.3) is 5.91 Å². The number of rotatable bonds is 4. The summed E-state index contributed by atoms with van der Waals surface area (Å²) >= 11 is 0. The summed E-state index contributed by atoms with van der Waals surface area (Å²) in [5, 5.41) is 11.1. The van der Waals surface area contributed by atoms with Crippen molar-refractivity contribution in [2.75, 3.05) is 13.1 Å². The molecule has 176 valence electrons. The first-order valence-electron chi connectivity index (χ1n) is 12.2. The van der Waals surface area contributed by atoms with Gasteiger partial charge in [-0.1, -0.05) is 39.0 Å². The zero-order chi connectivity index (χ0) is 23.4. The van der Waals surface area contributed by atoms with Crippen LogP contribution in [-0.4, -0.2) is 45.8 Å². The lowest BCUT2D eigenvalue weighted by Gasteiger charge is -2.43. The van der Waals surface area contributed by atoms with E-state index >= 15 is 0 Å². The molecule has 2 aromatic rings. The van der Waals surface area contributed by atoms with Crippen LogP contribution in [0.1, 0.15) is 68.7 Å². The van der Waals surface area contributed by atoms with Crippen LogP contribution in [0.4, 0.5) is 4.79 Å². The van der Waals surface area contributed by atoms with Gasteiger partial charge in [0.15, 0.2) is 5.69 Å². The Morgan fingerprint density at radius 2 is 1.94 bits per heavy atom. The average molecular weight is 450 g/mol. The number of benzene rings is 1. The van der Waals surface area contributed by atoms with Gasteiger partial charge in [0.2, 0.25) is 0 Å². The van der Waals surface area contributed by atoms with Gasteiger partial charge < -0.3 is 15.5 Å². The van der Waals surface area contributed by atoms with Crippen molar-refractivity contribution in [3.05, 3.63) is 47.3 Å². The number of urea groups is 1. The normalized spacial score (nSPS) is 27.3. The second-order valence-electron chi connectivity index (χ2n) is 10.8. The minimum Gasteiger partial charge on any atom is -0.347 e. The highest BCUT2D eigenvalue weighted by Gasteiger charge is 2.59. The Kier molecular flexibility index (Phi) is 5.26. The summed E-state index contributed by atoms with van der Waals surface area (Å²) in [5.41, 5.74) is 3.47. The molecule has 0 radical (unpaired) electrons. The number of carbonyl (C=O) groups excluding carboxylic acids is 2. The maximum Gasteiger partial charge on any atom is 0.317 e. The Balaban J connectivity index is 1.50.